The Morgan fingerprint density at radius 3 is 2.64 bits per heavy atom. The van der Waals surface area contributed by atoms with Crippen molar-refractivity contribution in [1.29, 1.82) is 0 Å². The molecule has 28 heavy (non-hydrogen) atoms. The van der Waals surface area contributed by atoms with E-state index in [9.17, 15) is 9.18 Å². The molecule has 2 heterocycles. The van der Waals surface area contributed by atoms with Gasteiger partial charge in [-0.05, 0) is 36.5 Å². The van der Waals surface area contributed by atoms with Gasteiger partial charge in [-0.15, -0.1) is 0 Å². The highest BCUT2D eigenvalue weighted by molar-refractivity contribution is 5.78. The number of hydrogen-bond acceptors (Lipinski definition) is 3. The Bertz CT molecular complexity index is 932. The van der Waals surface area contributed by atoms with E-state index < -0.39 is 0 Å². The number of benzene rings is 2. The van der Waals surface area contributed by atoms with Crippen molar-refractivity contribution in [2.24, 2.45) is 5.92 Å². The third kappa shape index (κ3) is 4.44. The van der Waals surface area contributed by atoms with Gasteiger partial charge in [-0.1, -0.05) is 42.5 Å². The smallest absolute Gasteiger partial charge is 0.226 e. The molecule has 1 aliphatic heterocycles. The molecular formula is C22H23FN4O. The summed E-state index contributed by atoms with van der Waals surface area (Å²) in [5.41, 5.74) is 1.73. The molecule has 0 bridgehead atoms. The van der Waals surface area contributed by atoms with Crippen LogP contribution in [0.4, 0.5) is 4.39 Å². The van der Waals surface area contributed by atoms with Crippen LogP contribution < -0.4 is 0 Å². The van der Waals surface area contributed by atoms with Crippen molar-refractivity contribution in [2.75, 3.05) is 13.1 Å². The number of hydrogen-bond donors (Lipinski definition) is 1. The fraction of sp³-hybridized carbons (Fsp3) is 0.318. The van der Waals surface area contributed by atoms with Gasteiger partial charge in [0.15, 0.2) is 5.82 Å². The lowest BCUT2D eigenvalue weighted by Gasteiger charge is -2.31. The standard InChI is InChI=1S/C22H23FN4O/c23-19-8-4-5-17(13-19)15-21(28)27-11-9-16(10-12-27)14-20-24-22(26-25-20)18-6-2-1-3-7-18/h1-8,13,16H,9-12,14-15H2,(H,24,25,26). The van der Waals surface area contributed by atoms with Gasteiger partial charge in [0.25, 0.3) is 0 Å². The van der Waals surface area contributed by atoms with Gasteiger partial charge in [0.2, 0.25) is 5.91 Å². The summed E-state index contributed by atoms with van der Waals surface area (Å²) < 4.78 is 13.3. The van der Waals surface area contributed by atoms with Crippen LogP contribution in [-0.2, 0) is 17.6 Å². The Morgan fingerprint density at radius 2 is 1.89 bits per heavy atom. The first kappa shape index (κ1) is 18.3. The summed E-state index contributed by atoms with van der Waals surface area (Å²) in [5.74, 6) is 1.86. The number of carbonyl (C=O) groups is 1. The number of rotatable bonds is 5. The van der Waals surface area contributed by atoms with Gasteiger partial charge in [0.1, 0.15) is 11.6 Å². The third-order valence-corrected chi connectivity index (χ3v) is 5.26. The van der Waals surface area contributed by atoms with Crippen molar-refractivity contribution >= 4 is 5.91 Å². The van der Waals surface area contributed by atoms with Crippen LogP contribution in [0.5, 0.6) is 0 Å². The largest absolute Gasteiger partial charge is 0.342 e. The fourth-order valence-electron chi connectivity index (χ4n) is 3.70. The van der Waals surface area contributed by atoms with Gasteiger partial charge in [0, 0.05) is 25.1 Å². The lowest BCUT2D eigenvalue weighted by Crippen LogP contribution is -2.39. The van der Waals surface area contributed by atoms with Gasteiger partial charge in [-0.2, -0.15) is 5.10 Å². The summed E-state index contributed by atoms with van der Waals surface area (Å²) in [4.78, 5) is 19.0. The van der Waals surface area contributed by atoms with Crippen LogP contribution in [0, 0.1) is 11.7 Å². The molecule has 1 N–H and O–H groups in total. The van der Waals surface area contributed by atoms with Crippen LogP contribution in [0.15, 0.2) is 54.6 Å². The summed E-state index contributed by atoms with van der Waals surface area (Å²) in [6.07, 6.45) is 2.98. The average Bonchev–Trinajstić information content (AvgIpc) is 3.18. The van der Waals surface area contributed by atoms with E-state index in [-0.39, 0.29) is 18.1 Å². The van der Waals surface area contributed by atoms with E-state index in [2.05, 4.69) is 15.2 Å². The van der Waals surface area contributed by atoms with E-state index in [0.29, 0.717) is 5.92 Å². The number of aromatic amines is 1. The topological polar surface area (TPSA) is 61.9 Å². The molecule has 1 aromatic heterocycles. The van der Waals surface area contributed by atoms with E-state index in [1.54, 1.807) is 12.1 Å². The normalized spacial score (nSPS) is 15.0. The van der Waals surface area contributed by atoms with Crippen molar-refractivity contribution in [3.8, 4) is 11.4 Å². The number of amides is 1. The number of likely N-dealkylation sites (tertiary alicyclic amines) is 1. The lowest BCUT2D eigenvalue weighted by atomic mass is 9.93. The first-order valence-electron chi connectivity index (χ1n) is 9.66. The molecule has 2 aromatic carbocycles. The van der Waals surface area contributed by atoms with E-state index in [1.807, 2.05) is 35.2 Å². The highest BCUT2D eigenvalue weighted by Gasteiger charge is 2.24. The molecule has 0 spiro atoms. The molecular weight excluding hydrogens is 355 g/mol. The maximum Gasteiger partial charge on any atom is 0.226 e. The molecule has 6 heteroatoms. The maximum atomic E-state index is 13.3. The number of nitrogens with one attached hydrogen (secondary N) is 1. The first-order chi connectivity index (χ1) is 13.7. The van der Waals surface area contributed by atoms with E-state index >= 15 is 0 Å². The van der Waals surface area contributed by atoms with Crippen LogP contribution in [0.1, 0.15) is 24.2 Å². The van der Waals surface area contributed by atoms with Crippen LogP contribution in [0.2, 0.25) is 0 Å². The number of aromatic nitrogens is 3. The molecule has 3 aromatic rings. The van der Waals surface area contributed by atoms with Crippen molar-refractivity contribution in [3.63, 3.8) is 0 Å². The monoisotopic (exact) mass is 378 g/mol. The van der Waals surface area contributed by atoms with Gasteiger partial charge in [0.05, 0.1) is 6.42 Å². The minimum atomic E-state index is -0.300. The molecule has 0 atom stereocenters. The second-order valence-electron chi connectivity index (χ2n) is 7.31. The van der Waals surface area contributed by atoms with Crippen molar-refractivity contribution in [1.82, 2.24) is 20.1 Å². The molecule has 1 saturated heterocycles. The molecule has 144 valence electrons. The van der Waals surface area contributed by atoms with Crippen LogP contribution in [0.25, 0.3) is 11.4 Å². The van der Waals surface area contributed by atoms with Gasteiger partial charge < -0.3 is 4.90 Å². The molecule has 0 saturated carbocycles. The molecule has 5 nitrogen and oxygen atoms in total. The minimum Gasteiger partial charge on any atom is -0.342 e. The molecule has 1 aliphatic rings. The predicted octanol–water partition coefficient (Wildman–Crippen LogP) is 3.63. The van der Waals surface area contributed by atoms with E-state index in [4.69, 9.17) is 0 Å². The summed E-state index contributed by atoms with van der Waals surface area (Å²) >= 11 is 0. The second-order valence-corrected chi connectivity index (χ2v) is 7.31. The maximum absolute atomic E-state index is 13.3. The molecule has 0 radical (unpaired) electrons. The van der Waals surface area contributed by atoms with E-state index in [0.717, 1.165) is 55.1 Å². The highest BCUT2D eigenvalue weighted by Crippen LogP contribution is 2.22. The second kappa shape index (κ2) is 8.33. The number of carbonyl (C=O) groups excluding carboxylic acids is 1. The van der Waals surface area contributed by atoms with E-state index in [1.165, 1.54) is 12.1 Å². The van der Waals surface area contributed by atoms with Crippen molar-refractivity contribution in [2.45, 2.75) is 25.7 Å². The van der Waals surface area contributed by atoms with Crippen LogP contribution in [0.3, 0.4) is 0 Å². The highest BCUT2D eigenvalue weighted by atomic mass is 19.1. The SMILES string of the molecule is O=C(Cc1cccc(F)c1)N1CCC(Cc2nc(-c3ccccc3)n[nH]2)CC1. The first-order valence-corrected chi connectivity index (χ1v) is 9.66. The zero-order chi connectivity index (χ0) is 19.3. The van der Waals surface area contributed by atoms with Gasteiger partial charge in [-0.3, -0.25) is 9.89 Å². The minimum absolute atomic E-state index is 0.0649. The molecule has 0 unspecified atom stereocenters. The van der Waals surface area contributed by atoms with Gasteiger partial charge >= 0.3 is 0 Å². The van der Waals surface area contributed by atoms with Crippen LogP contribution in [-0.4, -0.2) is 39.1 Å². The Morgan fingerprint density at radius 1 is 1.11 bits per heavy atom. The molecule has 1 fully saturated rings. The summed E-state index contributed by atoms with van der Waals surface area (Å²) in [7, 11) is 0. The summed E-state index contributed by atoms with van der Waals surface area (Å²) in [6.45, 7) is 1.47. The number of halogens is 1. The third-order valence-electron chi connectivity index (χ3n) is 5.26. The fourth-order valence-corrected chi connectivity index (χ4v) is 3.70. The Kier molecular flexibility index (Phi) is 5.46. The van der Waals surface area contributed by atoms with Crippen molar-refractivity contribution < 1.29 is 9.18 Å². The molecule has 1 amide bonds. The van der Waals surface area contributed by atoms with Gasteiger partial charge in [-0.25, -0.2) is 9.37 Å². The number of H-pyrrole nitrogens is 1. The molecule has 4 rings (SSSR count). The summed E-state index contributed by atoms with van der Waals surface area (Å²) in [6, 6.07) is 16.2. The number of piperidine rings is 1. The Labute approximate surface area is 163 Å². The quantitative estimate of drug-likeness (QED) is 0.737. The van der Waals surface area contributed by atoms with Crippen molar-refractivity contribution in [3.05, 3.63) is 71.8 Å². The summed E-state index contributed by atoms with van der Waals surface area (Å²) in [5, 5.41) is 7.36. The number of nitrogens with zero attached hydrogens (tertiary/aromatic N) is 3. The average molecular weight is 378 g/mol. The zero-order valence-corrected chi connectivity index (χ0v) is 15.6. The van der Waals surface area contributed by atoms with Crippen LogP contribution >= 0.6 is 0 Å². The Balaban J connectivity index is 1.28. The predicted molar refractivity (Wildman–Crippen MR) is 105 cm³/mol. The molecule has 0 aliphatic carbocycles. The lowest BCUT2D eigenvalue weighted by molar-refractivity contribution is -0.131. The zero-order valence-electron chi connectivity index (χ0n) is 15.6. The Hall–Kier alpha value is -3.02.